The third kappa shape index (κ3) is 3.63. The number of nitrogens with one attached hydrogen (secondary N) is 1. The van der Waals surface area contributed by atoms with Gasteiger partial charge in [-0.3, -0.25) is 19.3 Å². The number of likely N-dealkylation sites (tertiary alicyclic amines) is 1. The Labute approximate surface area is 195 Å². The van der Waals surface area contributed by atoms with Crippen LogP contribution in [0.1, 0.15) is 37.9 Å². The van der Waals surface area contributed by atoms with Crippen molar-refractivity contribution in [1.82, 2.24) is 29.4 Å². The lowest BCUT2D eigenvalue weighted by Crippen LogP contribution is -2.39. The summed E-state index contributed by atoms with van der Waals surface area (Å²) in [7, 11) is 0. The van der Waals surface area contributed by atoms with Gasteiger partial charge in [0, 0.05) is 42.8 Å². The van der Waals surface area contributed by atoms with Crippen molar-refractivity contribution in [2.75, 3.05) is 13.1 Å². The molecule has 1 saturated heterocycles. The molecule has 5 heterocycles. The molecular formula is C25H23N7O2. The van der Waals surface area contributed by atoms with Gasteiger partial charge in [-0.15, -0.1) is 0 Å². The van der Waals surface area contributed by atoms with Crippen molar-refractivity contribution >= 4 is 21.9 Å². The van der Waals surface area contributed by atoms with E-state index in [9.17, 15) is 9.59 Å². The number of fused-ring (bicyclic) bond motifs is 3. The number of rotatable bonds is 4. The molecule has 0 radical (unpaired) electrons. The van der Waals surface area contributed by atoms with Crippen molar-refractivity contribution in [3.05, 3.63) is 75.5 Å². The Bertz CT molecular complexity index is 1570. The highest BCUT2D eigenvalue weighted by Crippen LogP contribution is 2.29. The summed E-state index contributed by atoms with van der Waals surface area (Å²) >= 11 is 0. The van der Waals surface area contributed by atoms with E-state index in [1.54, 1.807) is 22.9 Å². The second-order valence-corrected chi connectivity index (χ2v) is 8.40. The number of aromatic nitrogens is 5. The lowest BCUT2D eigenvalue weighted by Gasteiger charge is -2.35. The summed E-state index contributed by atoms with van der Waals surface area (Å²) in [5.74, 6) is 0. The largest absolute Gasteiger partial charge is 0.375 e. The fourth-order valence-electron chi connectivity index (χ4n) is 4.57. The summed E-state index contributed by atoms with van der Waals surface area (Å²) in [6, 6.07) is 8.95. The molecule has 1 aliphatic heterocycles. The van der Waals surface area contributed by atoms with E-state index in [1.807, 2.05) is 18.2 Å². The molecule has 0 spiro atoms. The van der Waals surface area contributed by atoms with Crippen molar-refractivity contribution in [2.45, 2.75) is 32.2 Å². The highest BCUT2D eigenvalue weighted by atomic mass is 16.2. The highest BCUT2D eigenvalue weighted by Gasteiger charge is 2.25. The van der Waals surface area contributed by atoms with Gasteiger partial charge in [0.1, 0.15) is 17.3 Å². The van der Waals surface area contributed by atoms with Gasteiger partial charge in [0.2, 0.25) is 0 Å². The van der Waals surface area contributed by atoms with Gasteiger partial charge in [0.25, 0.3) is 5.56 Å². The molecule has 0 aliphatic carbocycles. The Morgan fingerprint density at radius 1 is 1.18 bits per heavy atom. The van der Waals surface area contributed by atoms with Crippen molar-refractivity contribution < 1.29 is 0 Å². The molecule has 4 aromatic heterocycles. The first-order valence-corrected chi connectivity index (χ1v) is 11.2. The summed E-state index contributed by atoms with van der Waals surface area (Å²) in [6.45, 7) is 7.81. The number of nitriles is 1. The summed E-state index contributed by atoms with van der Waals surface area (Å²) < 4.78 is 1.68. The van der Waals surface area contributed by atoms with E-state index in [0.717, 1.165) is 43.6 Å². The topological polar surface area (TPSA) is 121 Å². The predicted octanol–water partition coefficient (Wildman–Crippen LogP) is 3.13. The fourth-order valence-corrected chi connectivity index (χ4v) is 4.57. The molecule has 1 N–H and O–H groups in total. The van der Waals surface area contributed by atoms with E-state index in [-0.39, 0.29) is 6.04 Å². The molecule has 34 heavy (non-hydrogen) atoms. The first kappa shape index (κ1) is 21.5. The van der Waals surface area contributed by atoms with E-state index in [2.05, 4.69) is 33.4 Å². The predicted molar refractivity (Wildman–Crippen MR) is 129 cm³/mol. The number of allylic oxidation sites excluding steroid dienone is 1. The molecule has 4 aromatic rings. The Morgan fingerprint density at radius 2 is 1.97 bits per heavy atom. The zero-order chi connectivity index (χ0) is 23.8. The van der Waals surface area contributed by atoms with Crippen LogP contribution in [-0.4, -0.2) is 42.5 Å². The molecule has 0 unspecified atom stereocenters. The molecule has 0 atom stereocenters. The maximum absolute atomic E-state index is 13.1. The van der Waals surface area contributed by atoms with Crippen LogP contribution < -0.4 is 11.2 Å². The smallest absolute Gasteiger partial charge is 0.329 e. The minimum absolute atomic E-state index is 0.0830. The quantitative estimate of drug-likeness (QED) is 0.471. The number of nitrogens with zero attached hydrogens (tertiary/aromatic N) is 6. The zero-order valence-corrected chi connectivity index (χ0v) is 18.8. The fraction of sp³-hybridized carbons (Fsp3) is 0.280. The van der Waals surface area contributed by atoms with Gasteiger partial charge >= 0.3 is 5.69 Å². The van der Waals surface area contributed by atoms with Crippen molar-refractivity contribution in [3.8, 4) is 17.3 Å². The van der Waals surface area contributed by atoms with Crippen LogP contribution in [0.3, 0.4) is 0 Å². The lowest BCUT2D eigenvalue weighted by molar-refractivity contribution is 0.224. The minimum atomic E-state index is -0.477. The van der Waals surface area contributed by atoms with Crippen LogP contribution in [0.25, 0.3) is 33.2 Å². The number of pyridine rings is 3. The van der Waals surface area contributed by atoms with E-state index in [1.165, 1.54) is 6.20 Å². The second kappa shape index (κ2) is 8.56. The lowest BCUT2D eigenvalue weighted by atomic mass is 10.0. The number of hydrogen-bond acceptors (Lipinski definition) is 7. The summed E-state index contributed by atoms with van der Waals surface area (Å²) in [5, 5.41) is 9.35. The number of hydrogen-bond donors (Lipinski definition) is 1. The van der Waals surface area contributed by atoms with Crippen LogP contribution in [0.15, 0.2) is 58.5 Å². The van der Waals surface area contributed by atoms with Gasteiger partial charge in [-0.05, 0) is 43.5 Å². The maximum Gasteiger partial charge on any atom is 0.329 e. The summed E-state index contributed by atoms with van der Waals surface area (Å²) in [6.07, 6.45) is 5.48. The third-order valence-corrected chi connectivity index (χ3v) is 6.47. The van der Waals surface area contributed by atoms with Crippen LogP contribution in [0, 0.1) is 11.3 Å². The van der Waals surface area contributed by atoms with E-state index in [0.29, 0.717) is 33.3 Å². The van der Waals surface area contributed by atoms with Crippen LogP contribution >= 0.6 is 0 Å². The van der Waals surface area contributed by atoms with Crippen LogP contribution in [-0.2, 0) is 0 Å². The van der Waals surface area contributed by atoms with Crippen LogP contribution in [0.5, 0.6) is 0 Å². The second-order valence-electron chi connectivity index (χ2n) is 8.40. The molecule has 9 heteroatoms. The van der Waals surface area contributed by atoms with Crippen LogP contribution in [0.2, 0.25) is 0 Å². The molecule has 0 saturated carbocycles. The zero-order valence-electron chi connectivity index (χ0n) is 18.8. The van der Waals surface area contributed by atoms with Gasteiger partial charge < -0.3 is 4.90 Å². The standard InChI is InChI=1S/C25H23N7O2/c1-3-15(2)31-10-8-18(9-11-31)32-23-19(24(33)30-25(32)34)14-28-21-7-6-20(29-22(21)23)16-4-5-17(12-26)27-13-16/h4-7,13-14,18H,2-3,8-11H2,1H3,(H,30,33,34). The monoisotopic (exact) mass is 453 g/mol. The Balaban J connectivity index is 1.68. The van der Waals surface area contributed by atoms with E-state index < -0.39 is 11.2 Å². The molecule has 0 bridgehead atoms. The van der Waals surface area contributed by atoms with Crippen LogP contribution in [0.4, 0.5) is 0 Å². The SMILES string of the molecule is C=C(CC)N1CCC(n2c(=O)[nH]c(=O)c3cnc4ccc(-c5ccc(C#N)nc5)nc4c32)CC1. The molecule has 9 nitrogen and oxygen atoms in total. The Kier molecular flexibility index (Phi) is 5.42. The Morgan fingerprint density at radius 3 is 2.65 bits per heavy atom. The Hall–Kier alpha value is -4.32. The number of aromatic amines is 1. The average molecular weight is 454 g/mol. The van der Waals surface area contributed by atoms with E-state index in [4.69, 9.17) is 10.2 Å². The molecule has 0 amide bonds. The molecule has 1 aliphatic rings. The minimum Gasteiger partial charge on any atom is -0.375 e. The highest BCUT2D eigenvalue weighted by molar-refractivity contribution is 6.01. The average Bonchev–Trinajstić information content (AvgIpc) is 2.88. The summed E-state index contributed by atoms with van der Waals surface area (Å²) in [5.41, 5.74) is 3.41. The summed E-state index contributed by atoms with van der Waals surface area (Å²) in [4.78, 5) is 43.8. The van der Waals surface area contributed by atoms with Crippen molar-refractivity contribution in [1.29, 1.82) is 5.26 Å². The first-order chi connectivity index (χ1) is 16.5. The van der Waals surface area contributed by atoms with Gasteiger partial charge in [-0.2, -0.15) is 5.26 Å². The number of piperidine rings is 1. The van der Waals surface area contributed by atoms with Crippen molar-refractivity contribution in [2.24, 2.45) is 0 Å². The molecular weight excluding hydrogens is 430 g/mol. The molecule has 0 aromatic carbocycles. The van der Waals surface area contributed by atoms with Crippen molar-refractivity contribution in [3.63, 3.8) is 0 Å². The molecule has 1 fully saturated rings. The first-order valence-electron chi connectivity index (χ1n) is 11.2. The number of H-pyrrole nitrogens is 1. The van der Waals surface area contributed by atoms with Gasteiger partial charge in [-0.25, -0.2) is 14.8 Å². The third-order valence-electron chi connectivity index (χ3n) is 6.47. The van der Waals surface area contributed by atoms with E-state index >= 15 is 0 Å². The molecule has 5 rings (SSSR count). The maximum atomic E-state index is 13.1. The normalized spacial score (nSPS) is 14.4. The molecule has 170 valence electrons. The van der Waals surface area contributed by atoms with Gasteiger partial charge in [0.05, 0.1) is 22.1 Å². The van der Waals surface area contributed by atoms with Gasteiger partial charge in [-0.1, -0.05) is 13.5 Å². The van der Waals surface area contributed by atoms with Gasteiger partial charge in [0.15, 0.2) is 0 Å².